The average Bonchev–Trinajstić information content (AvgIpc) is 1.84. The van der Waals surface area contributed by atoms with Crippen molar-refractivity contribution in [2.75, 3.05) is 13.2 Å². The second-order valence-corrected chi connectivity index (χ2v) is 2.97. The van der Waals surface area contributed by atoms with Gasteiger partial charge in [-0.2, -0.15) is 0 Å². The van der Waals surface area contributed by atoms with Gasteiger partial charge in [-0.3, -0.25) is 0 Å². The van der Waals surface area contributed by atoms with Gasteiger partial charge in [0.15, 0.2) is 0 Å². The topological polar surface area (TPSA) is 32.3 Å². The second kappa shape index (κ2) is 5.96. The molecule has 0 spiro atoms. The Morgan fingerprint density at radius 2 is 1.90 bits per heavy atom. The molecule has 0 aliphatic rings. The third kappa shape index (κ3) is 6.33. The lowest BCUT2D eigenvalue weighted by Crippen LogP contribution is -2.42. The minimum absolute atomic E-state index is 0. The Bertz CT molecular complexity index is 76.0. The number of aliphatic hydroxyl groups is 1. The van der Waals surface area contributed by atoms with E-state index in [9.17, 15) is 0 Å². The first kappa shape index (κ1) is 12.8. The van der Waals surface area contributed by atoms with Crippen molar-refractivity contribution in [2.24, 2.45) is 0 Å². The molecule has 64 valence electrons. The molecule has 0 aliphatic carbocycles. The quantitative estimate of drug-likeness (QED) is 0.659. The zero-order valence-electron chi connectivity index (χ0n) is 6.98. The summed E-state index contributed by atoms with van der Waals surface area (Å²) in [6.07, 6.45) is 1.11. The molecule has 0 aromatic carbocycles. The van der Waals surface area contributed by atoms with Crippen LogP contribution in [0.25, 0.3) is 0 Å². The van der Waals surface area contributed by atoms with Gasteiger partial charge in [-0.15, -0.1) is 12.4 Å². The molecule has 0 aromatic heterocycles. The van der Waals surface area contributed by atoms with Crippen LogP contribution in [0.5, 0.6) is 0 Å². The molecule has 0 fully saturated rings. The molecule has 0 rings (SSSR count). The van der Waals surface area contributed by atoms with Crippen LogP contribution in [0.4, 0.5) is 0 Å². The maximum Gasteiger partial charge on any atom is 0.0607 e. The Balaban J connectivity index is 0. The van der Waals surface area contributed by atoms with Crippen molar-refractivity contribution in [3.63, 3.8) is 0 Å². The van der Waals surface area contributed by atoms with E-state index in [0.29, 0.717) is 0 Å². The van der Waals surface area contributed by atoms with E-state index in [2.05, 4.69) is 12.2 Å². The number of aliphatic hydroxyl groups excluding tert-OH is 1. The molecular weight excluding hydrogens is 150 g/mol. The summed E-state index contributed by atoms with van der Waals surface area (Å²) in [5, 5.41) is 12.0. The van der Waals surface area contributed by atoms with Crippen molar-refractivity contribution in [2.45, 2.75) is 32.7 Å². The lowest BCUT2D eigenvalue weighted by molar-refractivity contribution is 0.189. The van der Waals surface area contributed by atoms with Gasteiger partial charge in [-0.05, 0) is 26.8 Å². The Kier molecular flexibility index (Phi) is 7.65. The predicted molar refractivity (Wildman–Crippen MR) is 46.7 cm³/mol. The van der Waals surface area contributed by atoms with Gasteiger partial charge in [0.25, 0.3) is 0 Å². The SMILES string of the molecule is CCCNC(C)(C)CO.Cl. The third-order valence-electron chi connectivity index (χ3n) is 1.25. The average molecular weight is 168 g/mol. The normalized spacial score (nSPS) is 10.8. The highest BCUT2D eigenvalue weighted by Gasteiger charge is 2.13. The van der Waals surface area contributed by atoms with Crippen molar-refractivity contribution in [1.29, 1.82) is 0 Å². The highest BCUT2D eigenvalue weighted by atomic mass is 35.5. The molecule has 0 saturated heterocycles. The molecule has 0 aromatic rings. The fourth-order valence-electron chi connectivity index (χ4n) is 0.519. The van der Waals surface area contributed by atoms with Crippen LogP contribution in [0.15, 0.2) is 0 Å². The fraction of sp³-hybridized carbons (Fsp3) is 1.00. The van der Waals surface area contributed by atoms with Gasteiger partial charge < -0.3 is 10.4 Å². The van der Waals surface area contributed by atoms with Gasteiger partial charge in [-0.1, -0.05) is 6.92 Å². The van der Waals surface area contributed by atoms with Crippen LogP contribution in [0.1, 0.15) is 27.2 Å². The Morgan fingerprint density at radius 1 is 1.40 bits per heavy atom. The minimum Gasteiger partial charge on any atom is -0.394 e. The molecule has 2 N–H and O–H groups in total. The van der Waals surface area contributed by atoms with Crippen LogP contribution < -0.4 is 5.32 Å². The standard InChI is InChI=1S/C7H17NO.ClH/c1-4-5-8-7(2,3)6-9;/h8-9H,4-6H2,1-3H3;1H. The van der Waals surface area contributed by atoms with E-state index in [-0.39, 0.29) is 24.6 Å². The molecule has 0 aliphatic heterocycles. The van der Waals surface area contributed by atoms with E-state index in [1.54, 1.807) is 0 Å². The van der Waals surface area contributed by atoms with Crippen LogP contribution in [0.2, 0.25) is 0 Å². The van der Waals surface area contributed by atoms with Gasteiger partial charge in [-0.25, -0.2) is 0 Å². The summed E-state index contributed by atoms with van der Waals surface area (Å²) in [6.45, 7) is 7.27. The Hall–Kier alpha value is 0.210. The summed E-state index contributed by atoms with van der Waals surface area (Å²) >= 11 is 0. The van der Waals surface area contributed by atoms with Crippen molar-refractivity contribution >= 4 is 12.4 Å². The van der Waals surface area contributed by atoms with Crippen molar-refractivity contribution in [3.8, 4) is 0 Å². The van der Waals surface area contributed by atoms with Crippen LogP contribution in [-0.4, -0.2) is 23.8 Å². The highest BCUT2D eigenvalue weighted by molar-refractivity contribution is 5.85. The lowest BCUT2D eigenvalue weighted by atomic mass is 10.1. The summed E-state index contributed by atoms with van der Waals surface area (Å²) in [4.78, 5) is 0. The fourth-order valence-corrected chi connectivity index (χ4v) is 0.519. The summed E-state index contributed by atoms with van der Waals surface area (Å²) in [5.41, 5.74) is -0.101. The van der Waals surface area contributed by atoms with Gasteiger partial charge in [0.1, 0.15) is 0 Å². The van der Waals surface area contributed by atoms with Crippen molar-refractivity contribution in [3.05, 3.63) is 0 Å². The van der Waals surface area contributed by atoms with Crippen LogP contribution in [0, 0.1) is 0 Å². The molecule has 0 atom stereocenters. The summed E-state index contributed by atoms with van der Waals surface area (Å²) in [6, 6.07) is 0. The molecule has 0 bridgehead atoms. The smallest absolute Gasteiger partial charge is 0.0607 e. The lowest BCUT2D eigenvalue weighted by Gasteiger charge is -2.22. The first-order chi connectivity index (χ1) is 4.12. The molecule has 0 amide bonds. The number of rotatable bonds is 4. The summed E-state index contributed by atoms with van der Waals surface area (Å²) in [7, 11) is 0. The maximum atomic E-state index is 8.76. The molecule has 10 heavy (non-hydrogen) atoms. The Morgan fingerprint density at radius 3 is 2.20 bits per heavy atom. The van der Waals surface area contributed by atoms with Gasteiger partial charge in [0, 0.05) is 5.54 Å². The number of halogens is 1. The Labute approximate surface area is 69.4 Å². The summed E-state index contributed by atoms with van der Waals surface area (Å²) in [5.74, 6) is 0. The first-order valence-electron chi connectivity index (χ1n) is 3.48. The van der Waals surface area contributed by atoms with E-state index in [1.165, 1.54) is 0 Å². The zero-order valence-corrected chi connectivity index (χ0v) is 7.79. The molecule has 0 heterocycles. The van der Waals surface area contributed by atoms with Crippen LogP contribution in [0.3, 0.4) is 0 Å². The van der Waals surface area contributed by atoms with E-state index in [1.807, 2.05) is 13.8 Å². The maximum absolute atomic E-state index is 8.76. The molecule has 3 heteroatoms. The number of hydrogen-bond acceptors (Lipinski definition) is 2. The minimum atomic E-state index is -0.101. The van der Waals surface area contributed by atoms with Gasteiger partial charge in [0.05, 0.1) is 6.61 Å². The van der Waals surface area contributed by atoms with E-state index in [0.717, 1.165) is 13.0 Å². The molecule has 0 unspecified atom stereocenters. The molecule has 0 radical (unpaired) electrons. The highest BCUT2D eigenvalue weighted by Crippen LogP contribution is 1.98. The van der Waals surface area contributed by atoms with Crippen molar-refractivity contribution < 1.29 is 5.11 Å². The zero-order chi connectivity index (χ0) is 7.33. The predicted octanol–water partition coefficient (Wildman–Crippen LogP) is 1.18. The number of nitrogens with one attached hydrogen (secondary N) is 1. The monoisotopic (exact) mass is 167 g/mol. The van der Waals surface area contributed by atoms with Crippen LogP contribution in [-0.2, 0) is 0 Å². The molecule has 2 nitrogen and oxygen atoms in total. The van der Waals surface area contributed by atoms with Gasteiger partial charge in [0.2, 0.25) is 0 Å². The van der Waals surface area contributed by atoms with E-state index in [4.69, 9.17) is 5.11 Å². The first-order valence-corrected chi connectivity index (χ1v) is 3.48. The van der Waals surface area contributed by atoms with E-state index < -0.39 is 0 Å². The second-order valence-electron chi connectivity index (χ2n) is 2.97. The summed E-state index contributed by atoms with van der Waals surface area (Å²) < 4.78 is 0. The van der Waals surface area contributed by atoms with E-state index >= 15 is 0 Å². The third-order valence-corrected chi connectivity index (χ3v) is 1.25. The molecular formula is C7H18ClNO. The number of hydrogen-bond donors (Lipinski definition) is 2. The van der Waals surface area contributed by atoms with Crippen molar-refractivity contribution in [1.82, 2.24) is 5.32 Å². The van der Waals surface area contributed by atoms with Gasteiger partial charge >= 0.3 is 0 Å². The largest absolute Gasteiger partial charge is 0.394 e. The molecule has 0 saturated carbocycles. The van der Waals surface area contributed by atoms with Crippen LogP contribution >= 0.6 is 12.4 Å².